The maximum Gasteiger partial charge on any atom is 0.410 e. The maximum atomic E-state index is 12.3. The van der Waals surface area contributed by atoms with Crippen molar-refractivity contribution < 1.29 is 14.3 Å². The van der Waals surface area contributed by atoms with E-state index >= 15 is 0 Å². The van der Waals surface area contributed by atoms with Gasteiger partial charge in [0.15, 0.2) is 5.82 Å². The Labute approximate surface area is 197 Å². The second kappa shape index (κ2) is 10.4. The van der Waals surface area contributed by atoms with Crippen molar-refractivity contribution in [1.82, 2.24) is 14.9 Å². The molecule has 0 bridgehead atoms. The van der Waals surface area contributed by atoms with Crippen molar-refractivity contribution in [2.45, 2.75) is 58.7 Å². The fourth-order valence-electron chi connectivity index (χ4n) is 4.77. The lowest BCUT2D eigenvalue weighted by atomic mass is 9.79. The van der Waals surface area contributed by atoms with E-state index in [4.69, 9.17) is 14.5 Å². The normalized spacial score (nSPS) is 18.3. The van der Waals surface area contributed by atoms with Crippen LogP contribution in [0, 0.1) is 11.8 Å². The molecule has 0 N–H and O–H groups in total. The fraction of sp³-hybridized carbons (Fsp3) is 0.577. The Kier molecular flexibility index (Phi) is 7.36. The Balaban J connectivity index is 1.24. The molecule has 4 rings (SSSR count). The summed E-state index contributed by atoms with van der Waals surface area (Å²) in [5, 5.41) is 0. The zero-order chi connectivity index (χ0) is 23.3. The smallest absolute Gasteiger partial charge is 0.410 e. The topological polar surface area (TPSA) is 67.8 Å². The number of benzene rings is 1. The highest BCUT2D eigenvalue weighted by molar-refractivity contribution is 5.68. The second-order valence-corrected chi connectivity index (χ2v) is 10.1. The summed E-state index contributed by atoms with van der Waals surface area (Å²) in [7, 11) is 0. The third-order valence-corrected chi connectivity index (χ3v) is 6.55. The standard InChI is InChI=1S/C26H36N4O3/c1-26(2,3)33-25(31)30-15-11-22(12-16-30)21-9-13-29(14-10-21)23-17-27-18-24(28-23)32-19-20-7-5-4-6-8-20/h4-8,17-18,21-22H,9-16,19H2,1-3H3. The van der Waals surface area contributed by atoms with Gasteiger partial charge in [0.1, 0.15) is 12.2 Å². The van der Waals surface area contributed by atoms with Gasteiger partial charge in [-0.3, -0.25) is 4.98 Å². The molecule has 7 nitrogen and oxygen atoms in total. The van der Waals surface area contributed by atoms with E-state index in [0.717, 1.165) is 63.2 Å². The van der Waals surface area contributed by atoms with Gasteiger partial charge in [0.25, 0.3) is 0 Å². The number of carbonyl (C=O) groups excluding carboxylic acids is 1. The first-order valence-electron chi connectivity index (χ1n) is 12.1. The predicted octanol–water partition coefficient (Wildman–Crippen LogP) is 4.92. The molecule has 0 saturated carbocycles. The lowest BCUT2D eigenvalue weighted by molar-refractivity contribution is 0.0152. The number of carbonyl (C=O) groups is 1. The minimum Gasteiger partial charge on any atom is -0.472 e. The second-order valence-electron chi connectivity index (χ2n) is 10.1. The summed E-state index contributed by atoms with van der Waals surface area (Å²) in [6, 6.07) is 10.1. The van der Waals surface area contributed by atoms with E-state index in [1.54, 1.807) is 6.20 Å². The molecule has 2 fully saturated rings. The van der Waals surface area contributed by atoms with Crippen LogP contribution in [0.1, 0.15) is 52.0 Å². The van der Waals surface area contributed by atoms with Crippen molar-refractivity contribution in [1.29, 1.82) is 0 Å². The monoisotopic (exact) mass is 452 g/mol. The van der Waals surface area contributed by atoms with E-state index < -0.39 is 5.60 Å². The van der Waals surface area contributed by atoms with Crippen LogP contribution in [0.5, 0.6) is 5.88 Å². The molecule has 0 unspecified atom stereocenters. The van der Waals surface area contributed by atoms with Gasteiger partial charge in [-0.2, -0.15) is 4.98 Å². The Hall–Kier alpha value is -2.83. The third kappa shape index (κ3) is 6.59. The number of nitrogens with zero attached hydrogens (tertiary/aromatic N) is 4. The number of ether oxygens (including phenoxy) is 2. The molecule has 0 atom stereocenters. The Morgan fingerprint density at radius 3 is 2.24 bits per heavy atom. The van der Waals surface area contributed by atoms with Crippen LogP contribution in [0.3, 0.4) is 0 Å². The Bertz CT molecular complexity index is 899. The number of anilines is 1. The van der Waals surface area contributed by atoms with Crippen LogP contribution in [0.25, 0.3) is 0 Å². The van der Waals surface area contributed by atoms with E-state index in [1.807, 2.05) is 62.2 Å². The molecule has 33 heavy (non-hydrogen) atoms. The van der Waals surface area contributed by atoms with Crippen molar-refractivity contribution in [3.63, 3.8) is 0 Å². The molecule has 0 radical (unpaired) electrons. The van der Waals surface area contributed by atoms with Crippen molar-refractivity contribution in [3.05, 3.63) is 48.3 Å². The van der Waals surface area contributed by atoms with Crippen LogP contribution in [-0.4, -0.2) is 52.7 Å². The molecule has 178 valence electrons. The van der Waals surface area contributed by atoms with Gasteiger partial charge in [0, 0.05) is 26.2 Å². The summed E-state index contributed by atoms with van der Waals surface area (Å²) in [6.45, 7) is 9.80. The summed E-state index contributed by atoms with van der Waals surface area (Å²) in [5.74, 6) is 2.83. The van der Waals surface area contributed by atoms with Gasteiger partial charge in [-0.05, 0) is 63.9 Å². The number of rotatable bonds is 5. The number of aromatic nitrogens is 2. The van der Waals surface area contributed by atoms with E-state index in [9.17, 15) is 4.79 Å². The molecule has 1 aromatic heterocycles. The molecule has 3 heterocycles. The predicted molar refractivity (Wildman–Crippen MR) is 128 cm³/mol. The molecule has 1 aromatic carbocycles. The van der Waals surface area contributed by atoms with E-state index in [1.165, 1.54) is 0 Å². The van der Waals surface area contributed by atoms with E-state index in [-0.39, 0.29) is 6.09 Å². The minimum atomic E-state index is -0.437. The van der Waals surface area contributed by atoms with Crippen molar-refractivity contribution >= 4 is 11.9 Å². The van der Waals surface area contributed by atoms with Crippen molar-refractivity contribution in [3.8, 4) is 5.88 Å². The van der Waals surface area contributed by atoms with Gasteiger partial charge in [0.05, 0.1) is 12.4 Å². The molecule has 2 aliphatic rings. The summed E-state index contributed by atoms with van der Waals surface area (Å²) in [6.07, 6.45) is 7.75. The number of hydrogen-bond acceptors (Lipinski definition) is 6. The van der Waals surface area contributed by atoms with E-state index in [0.29, 0.717) is 24.3 Å². The highest BCUT2D eigenvalue weighted by Gasteiger charge is 2.32. The molecule has 2 aromatic rings. The van der Waals surface area contributed by atoms with Gasteiger partial charge >= 0.3 is 6.09 Å². The largest absolute Gasteiger partial charge is 0.472 e. The molecule has 2 saturated heterocycles. The Morgan fingerprint density at radius 1 is 0.970 bits per heavy atom. The number of likely N-dealkylation sites (tertiary alicyclic amines) is 1. The highest BCUT2D eigenvalue weighted by atomic mass is 16.6. The van der Waals surface area contributed by atoms with Crippen LogP contribution in [0.2, 0.25) is 0 Å². The first kappa shape index (κ1) is 23.3. The average molecular weight is 453 g/mol. The SMILES string of the molecule is CC(C)(C)OC(=O)N1CCC(C2CCN(c3cncc(OCc4ccccc4)n3)CC2)CC1. The maximum absolute atomic E-state index is 12.3. The average Bonchev–Trinajstić information content (AvgIpc) is 2.83. The quantitative estimate of drug-likeness (QED) is 0.642. The number of piperidine rings is 2. The van der Waals surface area contributed by atoms with Crippen molar-refractivity contribution in [2.75, 3.05) is 31.1 Å². The summed E-state index contributed by atoms with van der Waals surface area (Å²) in [5.41, 5.74) is 0.677. The van der Waals surface area contributed by atoms with Gasteiger partial charge < -0.3 is 19.3 Å². The first-order valence-corrected chi connectivity index (χ1v) is 12.1. The van der Waals surface area contributed by atoms with Gasteiger partial charge in [-0.1, -0.05) is 30.3 Å². The van der Waals surface area contributed by atoms with Crippen LogP contribution < -0.4 is 9.64 Å². The summed E-state index contributed by atoms with van der Waals surface area (Å²) < 4.78 is 11.4. The van der Waals surface area contributed by atoms with Crippen molar-refractivity contribution in [2.24, 2.45) is 11.8 Å². The van der Waals surface area contributed by atoms with Gasteiger partial charge in [-0.15, -0.1) is 0 Å². The third-order valence-electron chi connectivity index (χ3n) is 6.55. The van der Waals surface area contributed by atoms with E-state index in [2.05, 4.69) is 9.88 Å². The molecular formula is C26H36N4O3. The van der Waals surface area contributed by atoms with Gasteiger partial charge in [0.2, 0.25) is 5.88 Å². The highest BCUT2D eigenvalue weighted by Crippen LogP contribution is 2.34. The van der Waals surface area contributed by atoms with Crippen LogP contribution in [0.4, 0.5) is 10.6 Å². The molecular weight excluding hydrogens is 416 g/mol. The van der Waals surface area contributed by atoms with Gasteiger partial charge in [-0.25, -0.2) is 4.79 Å². The van der Waals surface area contributed by atoms with Crippen LogP contribution >= 0.6 is 0 Å². The minimum absolute atomic E-state index is 0.177. The summed E-state index contributed by atoms with van der Waals surface area (Å²) >= 11 is 0. The first-order chi connectivity index (χ1) is 15.9. The molecule has 0 aliphatic carbocycles. The molecule has 0 spiro atoms. The molecule has 1 amide bonds. The lowest BCUT2D eigenvalue weighted by Gasteiger charge is -2.40. The zero-order valence-corrected chi connectivity index (χ0v) is 20.1. The van der Waals surface area contributed by atoms with Crippen LogP contribution in [-0.2, 0) is 11.3 Å². The zero-order valence-electron chi connectivity index (χ0n) is 20.1. The number of amides is 1. The van der Waals surface area contributed by atoms with Crippen LogP contribution in [0.15, 0.2) is 42.7 Å². The molecule has 2 aliphatic heterocycles. The number of hydrogen-bond donors (Lipinski definition) is 0. The lowest BCUT2D eigenvalue weighted by Crippen LogP contribution is -2.44. The fourth-order valence-corrected chi connectivity index (χ4v) is 4.77. The molecule has 7 heteroatoms. The summed E-state index contributed by atoms with van der Waals surface area (Å²) in [4.78, 5) is 25.6. The Morgan fingerprint density at radius 2 is 1.61 bits per heavy atom.